The molecule has 0 spiro atoms. The average molecular weight is 345 g/mol. The third-order valence-corrected chi connectivity index (χ3v) is 3.96. The largest absolute Gasteiger partial charge is 0.263 e. The molecule has 126 valence electrons. The Morgan fingerprint density at radius 1 is 1.21 bits per heavy atom. The van der Waals surface area contributed by atoms with Gasteiger partial charge in [0.1, 0.15) is 12.2 Å². The molecule has 0 aliphatic rings. The predicted molar refractivity (Wildman–Crippen MR) is 91.4 cm³/mol. The Kier molecular flexibility index (Phi) is 4.70. The molecule has 0 radical (unpaired) electrons. The van der Waals surface area contributed by atoms with Crippen molar-refractivity contribution in [2.24, 2.45) is 4.36 Å². The molecule has 3 aromatic rings. The number of benzene rings is 1. The van der Waals surface area contributed by atoms with Crippen molar-refractivity contribution in [1.82, 2.24) is 30.0 Å². The molecule has 8 nitrogen and oxygen atoms in total. The standard InChI is InChI=1S/C15H19N7OS/c1-24(2,23)18-14-10-16-21(11-14)12-15-17-19-20-22(15)9-8-13-6-4-3-5-7-13/h3-7,10-11H,8-9,12H2,1-2H3. The monoisotopic (exact) mass is 345 g/mol. The molecular formula is C15H19N7OS. The smallest absolute Gasteiger partial charge is 0.172 e. The number of hydrogen-bond acceptors (Lipinski definition) is 6. The minimum Gasteiger partial charge on any atom is -0.263 e. The molecule has 0 saturated heterocycles. The molecule has 0 saturated carbocycles. The molecule has 2 aromatic heterocycles. The van der Waals surface area contributed by atoms with E-state index in [9.17, 15) is 4.21 Å². The lowest BCUT2D eigenvalue weighted by molar-refractivity contribution is 0.538. The summed E-state index contributed by atoms with van der Waals surface area (Å²) in [6.07, 6.45) is 7.36. The summed E-state index contributed by atoms with van der Waals surface area (Å²) in [7, 11) is -2.20. The van der Waals surface area contributed by atoms with Gasteiger partial charge in [-0.1, -0.05) is 30.3 Å². The number of hydrogen-bond donors (Lipinski definition) is 0. The first-order valence-electron chi connectivity index (χ1n) is 7.48. The molecule has 2 heterocycles. The first-order valence-corrected chi connectivity index (χ1v) is 9.81. The number of rotatable bonds is 6. The zero-order valence-corrected chi connectivity index (χ0v) is 14.4. The second-order valence-electron chi connectivity index (χ2n) is 5.72. The van der Waals surface area contributed by atoms with E-state index in [0.717, 1.165) is 6.42 Å². The van der Waals surface area contributed by atoms with Crippen LogP contribution >= 0.6 is 0 Å². The van der Waals surface area contributed by atoms with Crippen LogP contribution in [0.4, 0.5) is 5.69 Å². The first kappa shape index (κ1) is 16.3. The van der Waals surface area contributed by atoms with Gasteiger partial charge in [-0.15, -0.1) is 5.10 Å². The summed E-state index contributed by atoms with van der Waals surface area (Å²) in [5, 5.41) is 16.1. The van der Waals surface area contributed by atoms with Crippen molar-refractivity contribution >= 4 is 15.4 Å². The van der Waals surface area contributed by atoms with Crippen molar-refractivity contribution in [2.45, 2.75) is 19.5 Å². The molecule has 0 atom stereocenters. The van der Waals surface area contributed by atoms with Gasteiger partial charge in [0, 0.05) is 28.8 Å². The number of nitrogens with zero attached hydrogens (tertiary/aromatic N) is 7. The van der Waals surface area contributed by atoms with Crippen molar-refractivity contribution in [3.8, 4) is 0 Å². The number of aromatic nitrogens is 6. The lowest BCUT2D eigenvalue weighted by Gasteiger charge is -2.05. The highest BCUT2D eigenvalue weighted by Gasteiger charge is 2.08. The van der Waals surface area contributed by atoms with Crippen molar-refractivity contribution in [1.29, 1.82) is 0 Å². The molecule has 0 aliphatic heterocycles. The van der Waals surface area contributed by atoms with Crippen LogP contribution in [0.3, 0.4) is 0 Å². The first-order chi connectivity index (χ1) is 11.5. The molecule has 0 unspecified atom stereocenters. The Balaban J connectivity index is 1.69. The molecule has 1 aromatic carbocycles. The Morgan fingerprint density at radius 2 is 2.00 bits per heavy atom. The van der Waals surface area contributed by atoms with Crippen LogP contribution < -0.4 is 0 Å². The maximum atomic E-state index is 11.7. The van der Waals surface area contributed by atoms with Gasteiger partial charge >= 0.3 is 0 Å². The Bertz CT molecular complexity index is 914. The van der Waals surface area contributed by atoms with Gasteiger partial charge in [-0.3, -0.25) is 4.68 Å². The molecule has 0 amide bonds. The van der Waals surface area contributed by atoms with E-state index in [1.807, 2.05) is 18.2 Å². The number of aryl methyl sites for hydroxylation is 2. The number of tetrazole rings is 1. The summed E-state index contributed by atoms with van der Waals surface area (Å²) in [6.45, 7) is 1.13. The summed E-state index contributed by atoms with van der Waals surface area (Å²) < 4.78 is 19.3. The zero-order chi connectivity index (χ0) is 17.0. The van der Waals surface area contributed by atoms with Crippen LogP contribution in [0.25, 0.3) is 0 Å². The van der Waals surface area contributed by atoms with Gasteiger partial charge < -0.3 is 0 Å². The highest BCUT2D eigenvalue weighted by Crippen LogP contribution is 2.12. The maximum Gasteiger partial charge on any atom is 0.172 e. The summed E-state index contributed by atoms with van der Waals surface area (Å²) in [5.41, 5.74) is 1.83. The van der Waals surface area contributed by atoms with Crippen LogP contribution in [0, 0.1) is 0 Å². The van der Waals surface area contributed by atoms with Crippen molar-refractivity contribution < 1.29 is 4.21 Å². The molecule has 0 fully saturated rings. The summed E-state index contributed by atoms with van der Waals surface area (Å²) >= 11 is 0. The van der Waals surface area contributed by atoms with E-state index >= 15 is 0 Å². The van der Waals surface area contributed by atoms with Crippen molar-refractivity contribution in [3.63, 3.8) is 0 Å². The highest BCUT2D eigenvalue weighted by atomic mass is 32.2. The van der Waals surface area contributed by atoms with Gasteiger partial charge in [0.2, 0.25) is 0 Å². The van der Waals surface area contributed by atoms with Gasteiger partial charge in [-0.05, 0) is 22.4 Å². The van der Waals surface area contributed by atoms with E-state index in [1.165, 1.54) is 5.56 Å². The van der Waals surface area contributed by atoms with E-state index < -0.39 is 9.73 Å². The molecule has 0 bridgehead atoms. The van der Waals surface area contributed by atoms with Crippen LogP contribution in [-0.4, -0.2) is 46.7 Å². The molecule has 9 heteroatoms. The van der Waals surface area contributed by atoms with Crippen LogP contribution in [0.5, 0.6) is 0 Å². The van der Waals surface area contributed by atoms with Crippen LogP contribution in [-0.2, 0) is 29.2 Å². The normalized spacial score (nSPS) is 11.6. The third kappa shape index (κ3) is 4.48. The molecular weight excluding hydrogens is 326 g/mol. The quantitative estimate of drug-likeness (QED) is 0.675. The lowest BCUT2D eigenvalue weighted by Crippen LogP contribution is -2.12. The predicted octanol–water partition coefficient (Wildman–Crippen LogP) is 1.52. The highest BCUT2D eigenvalue weighted by molar-refractivity contribution is 7.92. The minimum absolute atomic E-state index is 0.436. The van der Waals surface area contributed by atoms with Crippen LogP contribution in [0.1, 0.15) is 11.4 Å². The third-order valence-electron chi connectivity index (χ3n) is 3.31. The van der Waals surface area contributed by atoms with Crippen molar-refractivity contribution in [2.75, 3.05) is 12.5 Å². The summed E-state index contributed by atoms with van der Waals surface area (Å²) in [4.78, 5) is 0. The topological polar surface area (TPSA) is 90.8 Å². The fourth-order valence-corrected chi connectivity index (χ4v) is 2.88. The van der Waals surface area contributed by atoms with E-state index in [2.05, 4.69) is 37.1 Å². The van der Waals surface area contributed by atoms with Gasteiger partial charge in [0.25, 0.3) is 0 Å². The van der Waals surface area contributed by atoms with Gasteiger partial charge in [0.05, 0.1) is 12.4 Å². The second kappa shape index (κ2) is 6.91. The fraction of sp³-hybridized carbons (Fsp3) is 0.333. The molecule has 0 aliphatic carbocycles. The van der Waals surface area contributed by atoms with E-state index in [0.29, 0.717) is 24.6 Å². The van der Waals surface area contributed by atoms with Gasteiger partial charge in [-0.2, -0.15) is 9.46 Å². The SMILES string of the molecule is CS(C)(=O)=Nc1cnn(Cc2nnnn2CCc2ccccc2)c1. The van der Waals surface area contributed by atoms with E-state index in [-0.39, 0.29) is 0 Å². The van der Waals surface area contributed by atoms with Gasteiger partial charge in [0.15, 0.2) is 5.82 Å². The van der Waals surface area contributed by atoms with Crippen molar-refractivity contribution in [3.05, 3.63) is 54.1 Å². The van der Waals surface area contributed by atoms with E-state index in [1.54, 1.807) is 34.3 Å². The molecule has 3 rings (SSSR count). The second-order valence-corrected chi connectivity index (χ2v) is 8.27. The Labute approximate surface area is 140 Å². The average Bonchev–Trinajstić information content (AvgIpc) is 3.15. The lowest BCUT2D eigenvalue weighted by atomic mass is 10.1. The summed E-state index contributed by atoms with van der Waals surface area (Å²) in [5.74, 6) is 0.717. The maximum absolute atomic E-state index is 11.7. The van der Waals surface area contributed by atoms with Gasteiger partial charge in [-0.25, -0.2) is 8.89 Å². The fourth-order valence-electron chi connectivity index (χ4n) is 2.27. The summed E-state index contributed by atoms with van der Waals surface area (Å²) in [6, 6.07) is 10.2. The molecule has 24 heavy (non-hydrogen) atoms. The molecule has 0 N–H and O–H groups in total. The Morgan fingerprint density at radius 3 is 2.75 bits per heavy atom. The Hall–Kier alpha value is -2.55. The zero-order valence-electron chi connectivity index (χ0n) is 13.6. The van der Waals surface area contributed by atoms with E-state index in [4.69, 9.17) is 0 Å². The minimum atomic E-state index is -2.20. The van der Waals surface area contributed by atoms with Crippen LogP contribution in [0.15, 0.2) is 47.1 Å². The van der Waals surface area contributed by atoms with Crippen LogP contribution in [0.2, 0.25) is 0 Å².